The van der Waals surface area contributed by atoms with Gasteiger partial charge in [0.15, 0.2) is 11.5 Å². The van der Waals surface area contributed by atoms with Gasteiger partial charge in [-0.1, -0.05) is 43.3 Å². The minimum Gasteiger partial charge on any atom is -0.493 e. The van der Waals surface area contributed by atoms with Crippen LogP contribution >= 0.6 is 0 Å². The average Bonchev–Trinajstić information content (AvgIpc) is 2.85. The summed E-state index contributed by atoms with van der Waals surface area (Å²) in [5, 5.41) is 4.36. The monoisotopic (exact) mass is 443 g/mol. The zero-order chi connectivity index (χ0) is 23.2. The fourth-order valence-electron chi connectivity index (χ4n) is 3.78. The number of fused-ring (bicyclic) bond motifs is 1. The summed E-state index contributed by atoms with van der Waals surface area (Å²) >= 11 is 0. The molecule has 0 fully saturated rings. The van der Waals surface area contributed by atoms with Crippen molar-refractivity contribution in [2.24, 2.45) is 0 Å². The summed E-state index contributed by atoms with van der Waals surface area (Å²) in [7, 11) is 3.24. The third-order valence-corrected chi connectivity index (χ3v) is 5.36. The number of benzene rings is 3. The summed E-state index contributed by atoms with van der Waals surface area (Å²) in [5.74, 6) is 3.64. The van der Waals surface area contributed by atoms with Crippen molar-refractivity contribution in [1.29, 1.82) is 0 Å². The quantitative estimate of drug-likeness (QED) is 0.341. The smallest absolute Gasteiger partial charge is 0.162 e. The molecule has 0 atom stereocenters. The van der Waals surface area contributed by atoms with Crippen molar-refractivity contribution < 1.29 is 14.2 Å². The van der Waals surface area contributed by atoms with Crippen molar-refractivity contribution in [2.75, 3.05) is 26.1 Å². The number of aryl methyl sites for hydroxylation is 1. The lowest BCUT2D eigenvalue weighted by Gasteiger charge is -2.14. The molecule has 0 amide bonds. The van der Waals surface area contributed by atoms with Gasteiger partial charge >= 0.3 is 0 Å². The third-order valence-electron chi connectivity index (χ3n) is 5.36. The maximum Gasteiger partial charge on any atom is 0.162 e. The van der Waals surface area contributed by atoms with E-state index in [1.54, 1.807) is 14.2 Å². The molecule has 3 aromatic carbocycles. The number of rotatable bonds is 9. The van der Waals surface area contributed by atoms with Crippen LogP contribution in [0.2, 0.25) is 0 Å². The van der Waals surface area contributed by atoms with Gasteiger partial charge in [-0.05, 0) is 42.7 Å². The molecule has 1 aromatic heterocycles. The number of nitrogens with zero attached hydrogens (tertiary/aromatic N) is 2. The second-order valence-electron chi connectivity index (χ2n) is 7.74. The highest BCUT2D eigenvalue weighted by molar-refractivity contribution is 5.91. The van der Waals surface area contributed by atoms with E-state index in [-0.39, 0.29) is 0 Å². The molecule has 1 N–H and O–H groups in total. The first-order chi connectivity index (χ1) is 16.1. The second-order valence-corrected chi connectivity index (χ2v) is 7.74. The Bertz CT molecular complexity index is 1260. The van der Waals surface area contributed by atoms with Crippen molar-refractivity contribution >= 4 is 16.7 Å². The molecule has 0 bridgehead atoms. The molecule has 0 saturated carbocycles. The fraction of sp³-hybridized carbons (Fsp3) is 0.259. The zero-order valence-electron chi connectivity index (χ0n) is 19.5. The summed E-state index contributed by atoms with van der Waals surface area (Å²) in [6.07, 6.45) is 0.973. The molecule has 4 aromatic rings. The van der Waals surface area contributed by atoms with Crippen LogP contribution in [0, 0.1) is 6.92 Å². The molecule has 0 aliphatic carbocycles. The number of anilines is 1. The van der Waals surface area contributed by atoms with E-state index in [9.17, 15) is 0 Å². The predicted octanol–water partition coefficient (Wildman–Crippen LogP) is 6.02. The number of nitrogens with one attached hydrogen (secondary N) is 1. The Hall–Kier alpha value is -3.80. The molecular formula is C27H29N3O3. The highest BCUT2D eigenvalue weighted by Gasteiger charge is 2.13. The highest BCUT2D eigenvalue weighted by atomic mass is 16.5. The second kappa shape index (κ2) is 10.2. The summed E-state index contributed by atoms with van der Waals surface area (Å²) < 4.78 is 16.9. The molecule has 0 aliphatic rings. The van der Waals surface area contributed by atoms with Gasteiger partial charge < -0.3 is 19.5 Å². The number of ether oxygens (including phenoxy) is 3. The molecule has 0 saturated heterocycles. The Morgan fingerprint density at radius 3 is 2.42 bits per heavy atom. The van der Waals surface area contributed by atoms with E-state index in [4.69, 9.17) is 14.2 Å². The van der Waals surface area contributed by atoms with Crippen LogP contribution in [-0.2, 0) is 6.54 Å². The van der Waals surface area contributed by atoms with Crippen LogP contribution in [0.3, 0.4) is 0 Å². The van der Waals surface area contributed by atoms with E-state index < -0.39 is 0 Å². The number of methoxy groups -OCH3 is 2. The first-order valence-corrected chi connectivity index (χ1v) is 11.1. The minimum atomic E-state index is 0.617. The Morgan fingerprint density at radius 2 is 1.64 bits per heavy atom. The van der Waals surface area contributed by atoms with Crippen LogP contribution in [-0.4, -0.2) is 30.8 Å². The lowest BCUT2D eigenvalue weighted by atomic mass is 10.0. The Balaban J connectivity index is 1.62. The van der Waals surface area contributed by atoms with Crippen molar-refractivity contribution in [3.63, 3.8) is 0 Å². The number of aromatic nitrogens is 2. The van der Waals surface area contributed by atoms with Crippen molar-refractivity contribution in [2.45, 2.75) is 26.8 Å². The lowest BCUT2D eigenvalue weighted by Crippen LogP contribution is -2.05. The summed E-state index contributed by atoms with van der Waals surface area (Å²) in [6, 6.07) is 20.4. The minimum absolute atomic E-state index is 0.617. The average molecular weight is 444 g/mol. The summed E-state index contributed by atoms with van der Waals surface area (Å²) in [6.45, 7) is 5.31. The van der Waals surface area contributed by atoms with Gasteiger partial charge in [-0.15, -0.1) is 0 Å². The molecule has 1 heterocycles. The van der Waals surface area contributed by atoms with Gasteiger partial charge in [0.1, 0.15) is 17.4 Å². The lowest BCUT2D eigenvalue weighted by molar-refractivity contribution is 0.318. The standard InChI is InChI=1S/C27H29N3O3/c1-5-13-33-24-12-7-6-11-21(24)20-10-8-9-19(14-20)17-28-27-22-15-25(31-3)26(32-4)16-23(22)29-18(2)30-27/h6-12,14-16H,5,13,17H2,1-4H3,(H,28,29,30). The van der Waals surface area contributed by atoms with E-state index in [0.717, 1.165) is 45.6 Å². The van der Waals surface area contributed by atoms with E-state index in [1.165, 1.54) is 0 Å². The van der Waals surface area contributed by atoms with E-state index in [2.05, 4.69) is 52.5 Å². The van der Waals surface area contributed by atoms with Gasteiger partial charge in [0.25, 0.3) is 0 Å². The topological polar surface area (TPSA) is 65.5 Å². The zero-order valence-corrected chi connectivity index (χ0v) is 19.5. The molecule has 4 rings (SSSR count). The van der Waals surface area contributed by atoms with Crippen LogP contribution in [0.25, 0.3) is 22.0 Å². The van der Waals surface area contributed by atoms with Gasteiger partial charge in [-0.3, -0.25) is 0 Å². The molecule has 33 heavy (non-hydrogen) atoms. The highest BCUT2D eigenvalue weighted by Crippen LogP contribution is 2.34. The normalized spacial score (nSPS) is 10.8. The SMILES string of the molecule is CCCOc1ccccc1-c1cccc(CNc2nc(C)nc3cc(OC)c(OC)cc23)c1. The number of hydrogen-bond donors (Lipinski definition) is 1. The van der Waals surface area contributed by atoms with Crippen molar-refractivity contribution in [3.05, 3.63) is 72.1 Å². The first-order valence-electron chi connectivity index (χ1n) is 11.1. The van der Waals surface area contributed by atoms with Crippen LogP contribution in [0.4, 0.5) is 5.82 Å². The largest absolute Gasteiger partial charge is 0.493 e. The van der Waals surface area contributed by atoms with Gasteiger partial charge in [0, 0.05) is 23.6 Å². The molecular weight excluding hydrogens is 414 g/mol. The summed E-state index contributed by atoms with van der Waals surface area (Å²) in [4.78, 5) is 9.20. The molecule has 6 nitrogen and oxygen atoms in total. The van der Waals surface area contributed by atoms with Gasteiger partial charge in [0.2, 0.25) is 0 Å². The fourth-order valence-corrected chi connectivity index (χ4v) is 3.78. The Morgan fingerprint density at radius 1 is 0.848 bits per heavy atom. The van der Waals surface area contributed by atoms with Crippen LogP contribution in [0.1, 0.15) is 24.7 Å². The van der Waals surface area contributed by atoms with Gasteiger partial charge in [0.05, 0.1) is 26.3 Å². The van der Waals surface area contributed by atoms with Crippen LogP contribution in [0.5, 0.6) is 17.2 Å². The van der Waals surface area contributed by atoms with E-state index >= 15 is 0 Å². The molecule has 0 radical (unpaired) electrons. The van der Waals surface area contributed by atoms with Crippen molar-refractivity contribution in [1.82, 2.24) is 9.97 Å². The van der Waals surface area contributed by atoms with Crippen LogP contribution in [0.15, 0.2) is 60.7 Å². The number of para-hydroxylation sites is 1. The Labute approximate surface area is 194 Å². The molecule has 170 valence electrons. The van der Waals surface area contributed by atoms with E-state index in [0.29, 0.717) is 30.5 Å². The van der Waals surface area contributed by atoms with Crippen molar-refractivity contribution in [3.8, 4) is 28.4 Å². The van der Waals surface area contributed by atoms with E-state index in [1.807, 2.05) is 37.3 Å². The predicted molar refractivity (Wildman–Crippen MR) is 132 cm³/mol. The van der Waals surface area contributed by atoms with Gasteiger partial charge in [-0.25, -0.2) is 9.97 Å². The molecule has 6 heteroatoms. The summed E-state index contributed by atoms with van der Waals surface area (Å²) in [5.41, 5.74) is 4.16. The Kier molecular flexibility index (Phi) is 6.93. The molecule has 0 unspecified atom stereocenters. The van der Waals surface area contributed by atoms with Gasteiger partial charge in [-0.2, -0.15) is 0 Å². The molecule has 0 spiro atoms. The first kappa shape index (κ1) is 22.4. The maximum absolute atomic E-state index is 5.96. The third kappa shape index (κ3) is 5.00. The maximum atomic E-state index is 5.96. The number of hydrogen-bond acceptors (Lipinski definition) is 6. The molecule has 0 aliphatic heterocycles. The van der Waals surface area contributed by atoms with Crippen LogP contribution < -0.4 is 19.5 Å².